The van der Waals surface area contributed by atoms with E-state index >= 15 is 0 Å². The highest BCUT2D eigenvalue weighted by molar-refractivity contribution is 7.80. The Bertz CT molecular complexity index is 1080. The topological polar surface area (TPSA) is 50.8 Å². The smallest absolute Gasteiger partial charge is 0.263 e. The minimum atomic E-state index is -1.01. The van der Waals surface area contributed by atoms with Gasteiger partial charge in [-0.3, -0.25) is 9.69 Å². The summed E-state index contributed by atoms with van der Waals surface area (Å²) in [6, 6.07) is 20.1. The summed E-state index contributed by atoms with van der Waals surface area (Å²) in [4.78, 5) is 14.8. The highest BCUT2D eigenvalue weighted by Gasteiger charge is 2.47. The van der Waals surface area contributed by atoms with Crippen molar-refractivity contribution in [2.24, 2.45) is 0 Å². The number of carbonyl (C=O) groups excluding carboxylic acids is 1. The number of rotatable bonds is 5. The maximum absolute atomic E-state index is 13.3. The first-order chi connectivity index (χ1) is 14.4. The molecule has 1 aliphatic heterocycles. The Kier molecular flexibility index (Phi) is 5.13. The van der Waals surface area contributed by atoms with Crippen molar-refractivity contribution in [3.63, 3.8) is 0 Å². The summed E-state index contributed by atoms with van der Waals surface area (Å²) in [5.41, 5.74) is 0.404. The maximum Gasteiger partial charge on any atom is 0.263 e. The molecular formula is C23H19FN2O3S. The first-order valence-corrected chi connectivity index (χ1v) is 9.66. The van der Waals surface area contributed by atoms with Crippen molar-refractivity contribution >= 4 is 28.9 Å². The van der Waals surface area contributed by atoms with E-state index in [0.29, 0.717) is 28.0 Å². The Balaban J connectivity index is 1.56. The number of benzene rings is 3. The molecule has 152 valence electrons. The van der Waals surface area contributed by atoms with Crippen LogP contribution in [0.3, 0.4) is 0 Å². The molecule has 1 N–H and O–H groups in total. The molecule has 0 spiro atoms. The van der Waals surface area contributed by atoms with Crippen LogP contribution in [0.15, 0.2) is 72.8 Å². The van der Waals surface area contributed by atoms with E-state index in [0.717, 1.165) is 5.56 Å². The fourth-order valence-corrected chi connectivity index (χ4v) is 3.69. The first kappa shape index (κ1) is 19.8. The largest absolute Gasteiger partial charge is 0.497 e. The molecule has 1 saturated heterocycles. The van der Waals surface area contributed by atoms with Crippen LogP contribution in [-0.4, -0.2) is 18.1 Å². The average molecular weight is 422 g/mol. The number of thiocarbonyl (C=S) groups is 1. The van der Waals surface area contributed by atoms with Crippen molar-refractivity contribution in [3.05, 3.63) is 84.2 Å². The monoisotopic (exact) mass is 422 g/mol. The fraction of sp³-hybridized carbons (Fsp3) is 0.130. The van der Waals surface area contributed by atoms with E-state index in [2.05, 4.69) is 5.32 Å². The summed E-state index contributed by atoms with van der Waals surface area (Å²) in [6.45, 7) is 1.79. The van der Waals surface area contributed by atoms with Gasteiger partial charge in [-0.1, -0.05) is 12.1 Å². The van der Waals surface area contributed by atoms with Gasteiger partial charge in [0.25, 0.3) is 5.91 Å². The van der Waals surface area contributed by atoms with Gasteiger partial charge in [-0.05, 0) is 85.4 Å². The maximum atomic E-state index is 13.3. The van der Waals surface area contributed by atoms with Gasteiger partial charge >= 0.3 is 0 Å². The van der Waals surface area contributed by atoms with Gasteiger partial charge in [0, 0.05) is 0 Å². The highest BCUT2D eigenvalue weighted by Crippen LogP contribution is 2.34. The van der Waals surface area contributed by atoms with E-state index < -0.39 is 5.54 Å². The number of halogens is 1. The van der Waals surface area contributed by atoms with Crippen molar-refractivity contribution in [1.82, 2.24) is 5.32 Å². The van der Waals surface area contributed by atoms with Crippen LogP contribution >= 0.6 is 12.2 Å². The number of hydrogen-bond acceptors (Lipinski definition) is 4. The van der Waals surface area contributed by atoms with Gasteiger partial charge in [-0.2, -0.15) is 0 Å². The third-order valence-corrected chi connectivity index (χ3v) is 5.29. The summed E-state index contributed by atoms with van der Waals surface area (Å²) >= 11 is 5.44. The van der Waals surface area contributed by atoms with Gasteiger partial charge < -0.3 is 14.8 Å². The Hall–Kier alpha value is -3.45. The highest BCUT2D eigenvalue weighted by atomic mass is 32.1. The van der Waals surface area contributed by atoms with Gasteiger partial charge in [-0.25, -0.2) is 4.39 Å². The third kappa shape index (κ3) is 3.59. The molecule has 0 aliphatic carbocycles. The van der Waals surface area contributed by atoms with Gasteiger partial charge in [0.15, 0.2) is 5.11 Å². The van der Waals surface area contributed by atoms with E-state index in [-0.39, 0.29) is 11.7 Å². The second-order valence-electron chi connectivity index (χ2n) is 6.97. The Morgan fingerprint density at radius 2 is 1.43 bits per heavy atom. The van der Waals surface area contributed by atoms with Gasteiger partial charge in [0.1, 0.15) is 28.6 Å². The molecule has 4 rings (SSSR count). The van der Waals surface area contributed by atoms with Crippen molar-refractivity contribution < 1.29 is 18.7 Å². The predicted octanol–water partition coefficient (Wildman–Crippen LogP) is 4.76. The molecule has 7 heteroatoms. The first-order valence-electron chi connectivity index (χ1n) is 9.25. The quantitative estimate of drug-likeness (QED) is 0.601. The molecule has 1 heterocycles. The molecule has 0 bridgehead atoms. The molecule has 30 heavy (non-hydrogen) atoms. The van der Waals surface area contributed by atoms with Gasteiger partial charge in [-0.15, -0.1) is 0 Å². The van der Waals surface area contributed by atoms with E-state index in [1.54, 1.807) is 62.6 Å². The van der Waals surface area contributed by atoms with Crippen molar-refractivity contribution in [3.8, 4) is 17.2 Å². The summed E-state index contributed by atoms with van der Waals surface area (Å²) < 4.78 is 23.9. The van der Waals surface area contributed by atoms with Gasteiger partial charge in [0.2, 0.25) is 0 Å². The molecule has 1 amide bonds. The van der Waals surface area contributed by atoms with Crippen molar-refractivity contribution in [2.75, 3.05) is 12.0 Å². The lowest BCUT2D eigenvalue weighted by atomic mass is 9.92. The standard InChI is InChI=1S/C23H19FN2O3S/c1-23(15-3-9-19(10-4-15)29-20-11-5-16(24)6-12-20)21(27)26(22(30)25-23)17-7-13-18(28-2)14-8-17/h3-14H,1-2H3,(H,25,30). The Morgan fingerprint density at radius 1 is 0.900 bits per heavy atom. The van der Waals surface area contributed by atoms with Crippen LogP contribution in [0, 0.1) is 5.82 Å². The molecule has 1 atom stereocenters. The lowest BCUT2D eigenvalue weighted by molar-refractivity contribution is -0.121. The normalized spacial score (nSPS) is 18.3. The second kappa shape index (κ2) is 7.76. The average Bonchev–Trinajstić information content (AvgIpc) is 2.99. The lowest BCUT2D eigenvalue weighted by Crippen LogP contribution is -2.40. The van der Waals surface area contributed by atoms with Crippen molar-refractivity contribution in [2.45, 2.75) is 12.5 Å². The number of ether oxygens (including phenoxy) is 2. The Labute approximate surface area is 179 Å². The fourth-order valence-electron chi connectivity index (χ4n) is 3.30. The van der Waals surface area contributed by atoms with E-state index in [4.69, 9.17) is 21.7 Å². The van der Waals surface area contributed by atoms with Crippen LogP contribution in [0.4, 0.5) is 10.1 Å². The minimum absolute atomic E-state index is 0.176. The van der Waals surface area contributed by atoms with Crippen LogP contribution in [0.25, 0.3) is 0 Å². The molecule has 0 radical (unpaired) electrons. The minimum Gasteiger partial charge on any atom is -0.497 e. The predicted molar refractivity (Wildman–Crippen MR) is 116 cm³/mol. The second-order valence-corrected chi connectivity index (χ2v) is 7.36. The van der Waals surface area contributed by atoms with Crippen LogP contribution in [0.2, 0.25) is 0 Å². The number of anilines is 1. The van der Waals surface area contributed by atoms with Crippen LogP contribution in [0.1, 0.15) is 12.5 Å². The molecule has 1 fully saturated rings. The number of carbonyl (C=O) groups is 1. The van der Waals surface area contributed by atoms with Crippen LogP contribution in [0.5, 0.6) is 17.2 Å². The molecule has 5 nitrogen and oxygen atoms in total. The van der Waals surface area contributed by atoms with Gasteiger partial charge in [0.05, 0.1) is 12.8 Å². The molecule has 1 aliphatic rings. The number of nitrogens with one attached hydrogen (secondary N) is 1. The molecule has 0 aromatic heterocycles. The zero-order valence-electron chi connectivity index (χ0n) is 16.4. The van der Waals surface area contributed by atoms with Crippen molar-refractivity contribution in [1.29, 1.82) is 0 Å². The number of amides is 1. The summed E-state index contributed by atoms with van der Waals surface area (Å²) in [7, 11) is 1.59. The SMILES string of the molecule is COc1ccc(N2C(=O)C(C)(c3ccc(Oc4ccc(F)cc4)cc3)NC2=S)cc1. The Morgan fingerprint density at radius 3 is 2.00 bits per heavy atom. The summed E-state index contributed by atoms with van der Waals surface area (Å²) in [6.07, 6.45) is 0. The molecular weight excluding hydrogens is 403 g/mol. The third-order valence-electron chi connectivity index (χ3n) is 5.00. The number of methoxy groups -OCH3 is 1. The van der Waals surface area contributed by atoms with E-state index in [9.17, 15) is 9.18 Å². The lowest BCUT2D eigenvalue weighted by Gasteiger charge is -2.23. The number of hydrogen-bond donors (Lipinski definition) is 1. The zero-order chi connectivity index (χ0) is 21.3. The van der Waals surface area contributed by atoms with Crippen LogP contribution in [-0.2, 0) is 10.3 Å². The summed E-state index contributed by atoms with van der Waals surface area (Å²) in [5.74, 6) is 1.30. The van der Waals surface area contributed by atoms with E-state index in [1.807, 2.05) is 12.1 Å². The number of nitrogens with zero attached hydrogens (tertiary/aromatic N) is 1. The van der Waals surface area contributed by atoms with Crippen LogP contribution < -0.4 is 19.7 Å². The van der Waals surface area contributed by atoms with E-state index in [1.165, 1.54) is 17.0 Å². The molecule has 1 unspecified atom stereocenters. The molecule has 0 saturated carbocycles. The molecule has 3 aromatic carbocycles. The zero-order valence-corrected chi connectivity index (χ0v) is 17.2. The molecule has 3 aromatic rings. The summed E-state index contributed by atoms with van der Waals surface area (Å²) in [5, 5.41) is 3.48.